The smallest absolute Gasteiger partial charge is 0.330 e. The van der Waals surface area contributed by atoms with Gasteiger partial charge >= 0.3 is 12.0 Å². The summed E-state index contributed by atoms with van der Waals surface area (Å²) >= 11 is 5.85. The predicted octanol–water partition coefficient (Wildman–Crippen LogP) is 2.14. The Bertz CT molecular complexity index is 613. The molecule has 0 saturated carbocycles. The summed E-state index contributed by atoms with van der Waals surface area (Å²) in [5.74, 6) is 5.03. The molecule has 2 rings (SSSR count). The van der Waals surface area contributed by atoms with Gasteiger partial charge in [0.2, 0.25) is 5.95 Å². The van der Waals surface area contributed by atoms with Crippen molar-refractivity contribution in [1.82, 2.24) is 15.0 Å². The first-order valence-corrected chi connectivity index (χ1v) is 5.98. The number of hydrogen-bond donors (Lipinski definition) is 2. The van der Waals surface area contributed by atoms with Crippen molar-refractivity contribution in [3.05, 3.63) is 29.0 Å². The summed E-state index contributed by atoms with van der Waals surface area (Å²) in [7, 11) is 0. The van der Waals surface area contributed by atoms with Crippen LogP contribution in [0.1, 0.15) is 6.92 Å². The van der Waals surface area contributed by atoms with Crippen molar-refractivity contribution >= 4 is 17.5 Å². The van der Waals surface area contributed by atoms with E-state index in [-0.39, 0.29) is 28.7 Å². The number of nitrogens with one attached hydrogen (secondary N) is 1. The van der Waals surface area contributed by atoms with Gasteiger partial charge in [0.25, 0.3) is 0 Å². The van der Waals surface area contributed by atoms with E-state index in [0.29, 0.717) is 6.61 Å². The number of benzene rings is 1. The van der Waals surface area contributed by atoms with Crippen LogP contribution in [0, 0.1) is 5.82 Å². The van der Waals surface area contributed by atoms with Gasteiger partial charge in [-0.1, -0.05) is 11.6 Å². The summed E-state index contributed by atoms with van der Waals surface area (Å²) in [6.45, 7) is 2.14. The Hall–Kier alpha value is -2.19. The normalized spacial score (nSPS) is 10.2. The Labute approximate surface area is 118 Å². The first kappa shape index (κ1) is 14.2. The van der Waals surface area contributed by atoms with Crippen LogP contribution in [0.3, 0.4) is 0 Å². The number of ether oxygens (including phenoxy) is 2. The minimum atomic E-state index is -0.475. The number of aromatic nitrogens is 3. The number of nitrogens with two attached hydrogens (primary N) is 1. The van der Waals surface area contributed by atoms with Gasteiger partial charge in [0.05, 0.1) is 11.6 Å². The van der Waals surface area contributed by atoms with Crippen molar-refractivity contribution in [2.45, 2.75) is 6.92 Å². The minimum Gasteiger partial charge on any atom is -0.464 e. The Morgan fingerprint density at radius 2 is 2.05 bits per heavy atom. The SMILES string of the molecule is CCOc1nc(NN)nc(Oc2ccc(F)cc2Cl)n1. The molecule has 9 heteroatoms. The second kappa shape index (κ2) is 6.31. The third-order valence-corrected chi connectivity index (χ3v) is 2.39. The van der Waals surface area contributed by atoms with E-state index >= 15 is 0 Å². The lowest BCUT2D eigenvalue weighted by molar-refractivity contribution is 0.304. The van der Waals surface area contributed by atoms with Crippen LogP contribution < -0.4 is 20.7 Å². The fourth-order valence-corrected chi connectivity index (χ4v) is 1.50. The van der Waals surface area contributed by atoms with E-state index in [0.717, 1.165) is 6.07 Å². The maximum absolute atomic E-state index is 12.9. The first-order valence-electron chi connectivity index (χ1n) is 5.60. The molecule has 0 spiro atoms. The molecule has 0 radical (unpaired) electrons. The minimum absolute atomic E-state index is 0.0451. The maximum atomic E-state index is 12.9. The van der Waals surface area contributed by atoms with Crippen molar-refractivity contribution < 1.29 is 13.9 Å². The lowest BCUT2D eigenvalue weighted by Crippen LogP contribution is -2.12. The van der Waals surface area contributed by atoms with Crippen molar-refractivity contribution in [2.24, 2.45) is 5.84 Å². The van der Waals surface area contributed by atoms with E-state index in [4.69, 9.17) is 26.9 Å². The highest BCUT2D eigenvalue weighted by molar-refractivity contribution is 6.32. The molecule has 106 valence electrons. The van der Waals surface area contributed by atoms with Gasteiger partial charge in [0.1, 0.15) is 11.6 Å². The summed E-state index contributed by atoms with van der Waals surface area (Å²) < 4.78 is 23.4. The zero-order valence-corrected chi connectivity index (χ0v) is 11.2. The molecule has 1 aromatic heterocycles. The highest BCUT2D eigenvalue weighted by atomic mass is 35.5. The lowest BCUT2D eigenvalue weighted by Gasteiger charge is -2.08. The predicted molar refractivity (Wildman–Crippen MR) is 70.3 cm³/mol. The third-order valence-electron chi connectivity index (χ3n) is 2.09. The van der Waals surface area contributed by atoms with Gasteiger partial charge in [-0.3, -0.25) is 5.43 Å². The Morgan fingerprint density at radius 3 is 2.70 bits per heavy atom. The molecule has 0 aliphatic carbocycles. The van der Waals surface area contributed by atoms with Crippen LogP contribution in [0.15, 0.2) is 18.2 Å². The molecule has 7 nitrogen and oxygen atoms in total. The van der Waals surface area contributed by atoms with Crippen molar-refractivity contribution in [2.75, 3.05) is 12.0 Å². The summed E-state index contributed by atoms with van der Waals surface area (Å²) in [5, 5.41) is 0.0885. The number of hydrogen-bond acceptors (Lipinski definition) is 7. The van der Waals surface area contributed by atoms with Crippen molar-refractivity contribution in [3.8, 4) is 17.8 Å². The molecule has 1 aromatic carbocycles. The zero-order valence-electron chi connectivity index (χ0n) is 10.4. The average Bonchev–Trinajstić information content (AvgIpc) is 2.42. The third kappa shape index (κ3) is 3.43. The van der Waals surface area contributed by atoms with Crippen LogP contribution in [0.4, 0.5) is 10.3 Å². The van der Waals surface area contributed by atoms with Crippen LogP contribution in [-0.2, 0) is 0 Å². The number of halogens is 2. The molecule has 0 fully saturated rings. The van der Waals surface area contributed by atoms with Gasteiger partial charge in [-0.2, -0.15) is 9.97 Å². The molecule has 0 saturated heterocycles. The Morgan fingerprint density at radius 1 is 1.30 bits per heavy atom. The topological polar surface area (TPSA) is 95.2 Å². The average molecular weight is 300 g/mol. The number of nitrogen functional groups attached to an aromatic ring is 1. The Kier molecular flexibility index (Phi) is 4.49. The van der Waals surface area contributed by atoms with Gasteiger partial charge < -0.3 is 9.47 Å². The van der Waals surface area contributed by atoms with Crippen LogP contribution in [0.2, 0.25) is 5.02 Å². The quantitative estimate of drug-likeness (QED) is 0.645. The van der Waals surface area contributed by atoms with Crippen LogP contribution in [-0.4, -0.2) is 21.6 Å². The highest BCUT2D eigenvalue weighted by Gasteiger charge is 2.11. The molecule has 0 aliphatic rings. The van der Waals surface area contributed by atoms with Gasteiger partial charge in [0.15, 0.2) is 0 Å². The summed E-state index contributed by atoms with van der Waals surface area (Å²) in [5.41, 5.74) is 2.26. The molecular weight excluding hydrogens is 289 g/mol. The highest BCUT2D eigenvalue weighted by Crippen LogP contribution is 2.28. The molecule has 0 amide bonds. The summed E-state index contributed by atoms with van der Waals surface area (Å²) in [6, 6.07) is 3.64. The van der Waals surface area contributed by atoms with Crippen LogP contribution in [0.5, 0.6) is 17.8 Å². The lowest BCUT2D eigenvalue weighted by atomic mass is 10.3. The van der Waals surface area contributed by atoms with Crippen molar-refractivity contribution in [3.63, 3.8) is 0 Å². The van der Waals surface area contributed by atoms with Gasteiger partial charge in [-0.25, -0.2) is 10.2 Å². The fourth-order valence-electron chi connectivity index (χ4n) is 1.30. The van der Waals surface area contributed by atoms with E-state index in [2.05, 4.69) is 20.4 Å². The van der Waals surface area contributed by atoms with Crippen LogP contribution >= 0.6 is 11.6 Å². The van der Waals surface area contributed by atoms with E-state index < -0.39 is 5.82 Å². The largest absolute Gasteiger partial charge is 0.464 e. The Balaban J connectivity index is 2.29. The van der Waals surface area contributed by atoms with E-state index in [1.807, 2.05) is 0 Å². The molecule has 0 unspecified atom stereocenters. The second-order valence-electron chi connectivity index (χ2n) is 3.48. The molecule has 0 bridgehead atoms. The van der Waals surface area contributed by atoms with Gasteiger partial charge in [0, 0.05) is 0 Å². The zero-order chi connectivity index (χ0) is 14.5. The molecule has 1 heterocycles. The van der Waals surface area contributed by atoms with Crippen LogP contribution in [0.25, 0.3) is 0 Å². The second-order valence-corrected chi connectivity index (χ2v) is 3.89. The van der Waals surface area contributed by atoms with Crippen molar-refractivity contribution in [1.29, 1.82) is 0 Å². The maximum Gasteiger partial charge on any atom is 0.330 e. The first-order chi connectivity index (χ1) is 9.62. The number of anilines is 1. The molecule has 2 aromatic rings. The van der Waals surface area contributed by atoms with E-state index in [1.54, 1.807) is 6.92 Å². The fraction of sp³-hybridized carbons (Fsp3) is 0.182. The number of hydrazine groups is 1. The number of nitrogens with zero attached hydrogens (tertiary/aromatic N) is 3. The molecule has 0 aliphatic heterocycles. The summed E-state index contributed by atoms with van der Waals surface area (Å²) in [4.78, 5) is 11.7. The van der Waals surface area contributed by atoms with E-state index in [1.165, 1.54) is 12.1 Å². The standard InChI is InChI=1S/C11H11ClFN5O2/c1-2-19-10-15-9(18-14)16-11(17-10)20-8-4-3-6(13)5-7(8)12/h3-5H,2,14H2,1H3,(H,15,16,17,18). The molecule has 20 heavy (non-hydrogen) atoms. The number of rotatable bonds is 5. The van der Waals surface area contributed by atoms with E-state index in [9.17, 15) is 4.39 Å². The molecule has 0 atom stereocenters. The molecule has 3 N–H and O–H groups in total. The summed E-state index contributed by atoms with van der Waals surface area (Å²) in [6.07, 6.45) is 0. The van der Waals surface area contributed by atoms with Gasteiger partial charge in [-0.15, -0.1) is 4.98 Å². The monoisotopic (exact) mass is 299 g/mol. The molecular formula is C11H11ClFN5O2. The van der Waals surface area contributed by atoms with Gasteiger partial charge in [-0.05, 0) is 25.1 Å².